The highest BCUT2D eigenvalue weighted by Crippen LogP contribution is 2.45. The van der Waals surface area contributed by atoms with E-state index in [-0.39, 0.29) is 28.5 Å². The van der Waals surface area contributed by atoms with E-state index in [9.17, 15) is 37.3 Å². The Kier molecular flexibility index (Phi) is 9.57. The highest BCUT2D eigenvalue weighted by atomic mass is 33.1. The Labute approximate surface area is 227 Å². The molecule has 3 unspecified atom stereocenters. The van der Waals surface area contributed by atoms with Gasteiger partial charge in [0.15, 0.2) is 5.25 Å². The summed E-state index contributed by atoms with van der Waals surface area (Å²) in [6.07, 6.45) is 2.16. The molecule has 2 heterocycles. The molecule has 204 valence electrons. The molecule has 1 saturated heterocycles. The molecule has 0 spiro atoms. The zero-order valence-electron chi connectivity index (χ0n) is 20.6. The van der Waals surface area contributed by atoms with E-state index in [0.717, 1.165) is 0 Å². The van der Waals surface area contributed by atoms with E-state index in [1.807, 2.05) is 19.9 Å². The van der Waals surface area contributed by atoms with Crippen LogP contribution in [0.15, 0.2) is 41.6 Å². The van der Waals surface area contributed by atoms with E-state index in [2.05, 4.69) is 4.98 Å². The summed E-state index contributed by atoms with van der Waals surface area (Å²) in [5.41, 5.74) is 5.50. The van der Waals surface area contributed by atoms with E-state index >= 15 is 0 Å². The molecule has 1 aliphatic heterocycles. The fourth-order valence-corrected chi connectivity index (χ4v) is 6.91. The maximum Gasteiger partial charge on any atom is 0.310 e. The van der Waals surface area contributed by atoms with E-state index in [0.29, 0.717) is 28.3 Å². The smallest absolute Gasteiger partial charge is 0.310 e. The third-order valence-electron chi connectivity index (χ3n) is 6.03. The van der Waals surface area contributed by atoms with Gasteiger partial charge in [-0.2, -0.15) is 8.42 Å². The molecule has 3 atom stereocenters. The minimum atomic E-state index is -4.91. The number of aliphatic carboxylic acids is 1. The minimum absolute atomic E-state index is 0.0251. The zero-order chi connectivity index (χ0) is 28.2. The molecule has 0 radical (unpaired) electrons. The second-order valence-corrected chi connectivity index (χ2v) is 12.8. The molecule has 14 heteroatoms. The van der Waals surface area contributed by atoms with Crippen molar-refractivity contribution in [2.24, 2.45) is 5.73 Å². The number of unbranched alkanes of at least 4 members (excludes halogenated alkanes) is 1. The van der Waals surface area contributed by atoms with Crippen LogP contribution >= 0.6 is 21.6 Å². The van der Waals surface area contributed by atoms with Gasteiger partial charge in [-0.15, -0.1) is 0 Å². The summed E-state index contributed by atoms with van der Waals surface area (Å²) in [6, 6.07) is 8.28. The number of aromatic nitrogens is 1. The van der Waals surface area contributed by atoms with Crippen molar-refractivity contribution in [3.63, 3.8) is 0 Å². The topological polar surface area (TPSA) is 185 Å². The van der Waals surface area contributed by atoms with Gasteiger partial charge in [-0.3, -0.25) is 23.7 Å². The highest BCUT2D eigenvalue weighted by molar-refractivity contribution is 8.76. The lowest BCUT2D eigenvalue weighted by Gasteiger charge is -2.25. The van der Waals surface area contributed by atoms with E-state index < -0.39 is 51.4 Å². The van der Waals surface area contributed by atoms with Crippen LogP contribution in [-0.2, 0) is 24.5 Å². The molecule has 1 fully saturated rings. The first-order valence-electron chi connectivity index (χ1n) is 11.6. The van der Waals surface area contributed by atoms with Crippen molar-refractivity contribution in [2.75, 3.05) is 4.90 Å². The Bertz CT molecular complexity index is 1350. The van der Waals surface area contributed by atoms with E-state index in [1.165, 1.54) is 33.7 Å². The van der Waals surface area contributed by atoms with Gasteiger partial charge in [-0.25, -0.2) is 9.88 Å². The molecule has 38 heavy (non-hydrogen) atoms. The van der Waals surface area contributed by atoms with Gasteiger partial charge in [0.25, 0.3) is 21.9 Å². The molecule has 1 aromatic carbocycles. The van der Waals surface area contributed by atoms with Gasteiger partial charge in [-0.1, -0.05) is 42.7 Å². The number of nitrogens with zero attached hydrogens (tertiary/aromatic N) is 2. The highest BCUT2D eigenvalue weighted by Gasteiger charge is 2.48. The predicted octanol–water partition coefficient (Wildman–Crippen LogP) is 3.56. The van der Waals surface area contributed by atoms with Gasteiger partial charge < -0.3 is 10.8 Å². The van der Waals surface area contributed by atoms with E-state index in [4.69, 9.17) is 5.73 Å². The number of primary amides is 1. The van der Waals surface area contributed by atoms with Crippen LogP contribution in [0.5, 0.6) is 0 Å². The SMILES string of the molecule is CCCCC(C(=O)O)c1cc(C(C)SSc2ccccn2)cc(N2C(=O)CC(S(=O)(=O)O)C2=O)c1C(N)=O. The van der Waals surface area contributed by atoms with Crippen molar-refractivity contribution in [1.29, 1.82) is 0 Å². The van der Waals surface area contributed by atoms with Crippen LogP contribution in [0, 0.1) is 0 Å². The Hall–Kier alpha value is -2.94. The third kappa shape index (κ3) is 6.54. The van der Waals surface area contributed by atoms with Crippen LogP contribution in [-0.4, -0.2) is 52.0 Å². The van der Waals surface area contributed by atoms with Crippen molar-refractivity contribution >= 4 is 61.1 Å². The summed E-state index contributed by atoms with van der Waals surface area (Å²) in [5, 5.41) is 8.34. The largest absolute Gasteiger partial charge is 0.481 e. The second-order valence-electron chi connectivity index (χ2n) is 8.67. The number of amides is 3. The van der Waals surface area contributed by atoms with E-state index in [1.54, 1.807) is 18.3 Å². The van der Waals surface area contributed by atoms with Crippen molar-refractivity contribution < 1.29 is 37.3 Å². The first-order valence-corrected chi connectivity index (χ1v) is 15.4. The predicted molar refractivity (Wildman–Crippen MR) is 143 cm³/mol. The molecule has 3 rings (SSSR count). The summed E-state index contributed by atoms with van der Waals surface area (Å²) in [6.45, 7) is 3.68. The van der Waals surface area contributed by atoms with Crippen molar-refractivity contribution in [1.82, 2.24) is 4.98 Å². The zero-order valence-corrected chi connectivity index (χ0v) is 23.0. The molecule has 0 saturated carbocycles. The molecule has 2 aromatic rings. The Balaban J connectivity index is 2.19. The number of benzene rings is 1. The van der Waals surface area contributed by atoms with Crippen LogP contribution in [0.2, 0.25) is 0 Å². The van der Waals surface area contributed by atoms with Crippen LogP contribution < -0.4 is 10.6 Å². The number of carbonyl (C=O) groups is 4. The number of imide groups is 1. The second kappa shape index (κ2) is 12.3. The van der Waals surface area contributed by atoms with Crippen LogP contribution in [0.4, 0.5) is 5.69 Å². The average Bonchev–Trinajstić information content (AvgIpc) is 3.16. The Morgan fingerprint density at radius 2 is 1.97 bits per heavy atom. The standard InChI is InChI=1S/C24H27N3O8S3/c1-3-4-7-15(24(31)32)16-10-14(13(2)36-37-19-8-5-6-9-26-19)11-17(21(16)22(25)29)27-20(28)12-18(23(27)30)38(33,34)35/h5-6,8-11,13,15,18H,3-4,7,12H2,1-2H3,(H2,25,29)(H,31,32)(H,33,34,35). The first kappa shape index (κ1) is 29.6. The molecule has 0 aliphatic carbocycles. The molecule has 1 aromatic heterocycles. The van der Waals surface area contributed by atoms with Crippen LogP contribution in [0.1, 0.15) is 72.2 Å². The van der Waals surface area contributed by atoms with Gasteiger partial charge in [0, 0.05) is 11.4 Å². The number of carboxylic acid groups (broad SMARTS) is 1. The van der Waals surface area contributed by atoms with Gasteiger partial charge in [-0.05, 0) is 53.5 Å². The average molecular weight is 582 g/mol. The van der Waals surface area contributed by atoms with Gasteiger partial charge >= 0.3 is 5.97 Å². The Morgan fingerprint density at radius 1 is 1.26 bits per heavy atom. The van der Waals surface area contributed by atoms with Crippen molar-refractivity contribution in [3.8, 4) is 0 Å². The van der Waals surface area contributed by atoms with Gasteiger partial charge in [0.05, 0.1) is 23.6 Å². The number of hydrogen-bond acceptors (Lipinski definition) is 9. The lowest BCUT2D eigenvalue weighted by atomic mass is 9.86. The fourth-order valence-electron chi connectivity index (χ4n) is 4.11. The number of rotatable bonds is 12. The number of carboxylic acids is 1. The third-order valence-corrected chi connectivity index (χ3v) is 9.85. The lowest BCUT2D eigenvalue weighted by Crippen LogP contribution is -2.37. The summed E-state index contributed by atoms with van der Waals surface area (Å²) >= 11 is 0. The van der Waals surface area contributed by atoms with Crippen LogP contribution in [0.3, 0.4) is 0 Å². The molecule has 0 bridgehead atoms. The molecular weight excluding hydrogens is 554 g/mol. The summed E-state index contributed by atoms with van der Waals surface area (Å²) < 4.78 is 32.9. The maximum absolute atomic E-state index is 13.0. The van der Waals surface area contributed by atoms with Crippen molar-refractivity contribution in [2.45, 2.75) is 61.0 Å². The van der Waals surface area contributed by atoms with Crippen LogP contribution in [0.25, 0.3) is 0 Å². The number of hydrogen-bond donors (Lipinski definition) is 3. The summed E-state index contributed by atoms with van der Waals surface area (Å²) in [7, 11) is -2.20. The van der Waals surface area contributed by atoms with Gasteiger partial charge in [0.2, 0.25) is 5.91 Å². The van der Waals surface area contributed by atoms with Crippen molar-refractivity contribution in [3.05, 3.63) is 53.2 Å². The normalized spacial score (nSPS) is 17.4. The summed E-state index contributed by atoms with van der Waals surface area (Å²) in [5.74, 6) is -5.69. The fraction of sp³-hybridized carbons (Fsp3) is 0.375. The quantitative estimate of drug-likeness (QED) is 0.189. The van der Waals surface area contributed by atoms with Gasteiger partial charge in [0.1, 0.15) is 5.03 Å². The lowest BCUT2D eigenvalue weighted by molar-refractivity contribution is -0.139. The number of pyridine rings is 1. The number of anilines is 1. The number of nitrogens with two attached hydrogens (primary N) is 1. The molecule has 3 amide bonds. The molecule has 11 nitrogen and oxygen atoms in total. The minimum Gasteiger partial charge on any atom is -0.481 e. The molecule has 1 aliphatic rings. The molecular formula is C24H27N3O8S3. The molecule has 4 N–H and O–H groups in total. The first-order chi connectivity index (χ1) is 17.9. The maximum atomic E-state index is 13.0. The Morgan fingerprint density at radius 3 is 2.50 bits per heavy atom. The summed E-state index contributed by atoms with van der Waals surface area (Å²) in [4.78, 5) is 55.6. The number of carbonyl (C=O) groups excluding carboxylic acids is 3. The monoisotopic (exact) mass is 581 g/mol.